The lowest BCUT2D eigenvalue weighted by atomic mass is 10.2. The fourth-order valence-corrected chi connectivity index (χ4v) is 1.70. The number of hydrogen-bond acceptors (Lipinski definition) is 3. The van der Waals surface area contributed by atoms with Crippen LogP contribution >= 0.6 is 11.6 Å². The Labute approximate surface area is 118 Å². The molecule has 0 aliphatic carbocycles. The summed E-state index contributed by atoms with van der Waals surface area (Å²) in [5.74, 6) is -0.180. The number of anilines is 1. The van der Waals surface area contributed by atoms with Gasteiger partial charge in [0.05, 0.1) is 5.56 Å². The van der Waals surface area contributed by atoms with Gasteiger partial charge >= 0.3 is 6.18 Å². The van der Waals surface area contributed by atoms with Gasteiger partial charge < -0.3 is 10.5 Å². The number of nitrogens with two attached hydrogens (primary N) is 1. The van der Waals surface area contributed by atoms with Gasteiger partial charge in [-0.1, -0.05) is 17.7 Å². The van der Waals surface area contributed by atoms with Gasteiger partial charge in [0.15, 0.2) is 0 Å². The Morgan fingerprint density at radius 1 is 1.20 bits per heavy atom. The van der Waals surface area contributed by atoms with Gasteiger partial charge in [-0.15, -0.1) is 0 Å². The van der Waals surface area contributed by atoms with E-state index in [-0.39, 0.29) is 11.7 Å². The van der Waals surface area contributed by atoms with Gasteiger partial charge in [0.25, 0.3) is 0 Å². The van der Waals surface area contributed by atoms with Gasteiger partial charge in [0, 0.05) is 11.1 Å². The number of alkyl halides is 3. The summed E-state index contributed by atoms with van der Waals surface area (Å²) in [7, 11) is 0. The van der Waals surface area contributed by atoms with Gasteiger partial charge in [-0.05, 0) is 30.7 Å². The van der Waals surface area contributed by atoms with Crippen molar-refractivity contribution in [2.45, 2.75) is 13.1 Å². The highest BCUT2D eigenvalue weighted by Crippen LogP contribution is 2.34. The molecule has 0 saturated heterocycles. The van der Waals surface area contributed by atoms with Gasteiger partial charge in [-0.3, -0.25) is 0 Å². The van der Waals surface area contributed by atoms with Crippen LogP contribution in [0.4, 0.5) is 19.0 Å². The first-order chi connectivity index (χ1) is 9.25. The van der Waals surface area contributed by atoms with Crippen molar-refractivity contribution in [3.8, 4) is 11.6 Å². The van der Waals surface area contributed by atoms with Crippen LogP contribution in [0.25, 0.3) is 0 Å². The molecule has 0 atom stereocenters. The molecule has 0 amide bonds. The number of hydrogen-bond donors (Lipinski definition) is 1. The molecule has 0 spiro atoms. The number of aromatic nitrogens is 1. The number of halogens is 4. The Balaban J connectivity index is 2.39. The molecule has 0 fully saturated rings. The predicted molar refractivity (Wildman–Crippen MR) is 69.9 cm³/mol. The largest absolute Gasteiger partial charge is 0.439 e. The van der Waals surface area contributed by atoms with Crippen molar-refractivity contribution in [3.63, 3.8) is 0 Å². The zero-order chi connectivity index (χ0) is 14.9. The van der Waals surface area contributed by atoms with Crippen LogP contribution in [-0.2, 0) is 6.18 Å². The molecular formula is C13H10ClF3N2O. The van der Waals surface area contributed by atoms with E-state index < -0.39 is 11.7 Å². The maximum absolute atomic E-state index is 12.7. The first kappa shape index (κ1) is 14.5. The SMILES string of the molecule is Cc1ccc(Cl)cc1Oc1cc(C(F)(F)F)cc(N)n1. The third kappa shape index (κ3) is 3.33. The summed E-state index contributed by atoms with van der Waals surface area (Å²) in [6.45, 7) is 1.74. The van der Waals surface area contributed by atoms with Crippen LogP contribution in [0.15, 0.2) is 30.3 Å². The quantitative estimate of drug-likeness (QED) is 0.892. The summed E-state index contributed by atoms with van der Waals surface area (Å²) in [4.78, 5) is 3.73. The van der Waals surface area contributed by atoms with Gasteiger partial charge in [0.2, 0.25) is 5.88 Å². The molecule has 2 aromatic rings. The van der Waals surface area contributed by atoms with E-state index in [0.29, 0.717) is 16.3 Å². The van der Waals surface area contributed by atoms with Crippen LogP contribution in [0, 0.1) is 6.92 Å². The van der Waals surface area contributed by atoms with Crippen LogP contribution in [0.1, 0.15) is 11.1 Å². The van der Waals surface area contributed by atoms with Crippen LogP contribution in [-0.4, -0.2) is 4.98 Å². The fraction of sp³-hybridized carbons (Fsp3) is 0.154. The highest BCUT2D eigenvalue weighted by Gasteiger charge is 2.31. The second kappa shape index (κ2) is 5.20. The molecule has 1 aromatic heterocycles. The van der Waals surface area contributed by atoms with Gasteiger partial charge in [-0.25, -0.2) is 0 Å². The predicted octanol–water partition coefficient (Wildman–Crippen LogP) is 4.44. The molecule has 106 valence electrons. The topological polar surface area (TPSA) is 48.1 Å². The molecule has 2 N–H and O–H groups in total. The first-order valence-electron chi connectivity index (χ1n) is 5.54. The molecule has 2 rings (SSSR count). The number of pyridine rings is 1. The molecule has 0 aliphatic heterocycles. The zero-order valence-corrected chi connectivity index (χ0v) is 11.1. The minimum Gasteiger partial charge on any atom is -0.439 e. The zero-order valence-electron chi connectivity index (χ0n) is 10.3. The highest BCUT2D eigenvalue weighted by atomic mass is 35.5. The van der Waals surface area contributed by atoms with Crippen molar-refractivity contribution in [2.75, 3.05) is 5.73 Å². The average Bonchev–Trinajstić information content (AvgIpc) is 2.32. The Hall–Kier alpha value is -1.95. The number of rotatable bonds is 2. The minimum absolute atomic E-state index is 0.234. The molecule has 7 heteroatoms. The van der Waals surface area contributed by atoms with Crippen LogP contribution in [0.5, 0.6) is 11.6 Å². The highest BCUT2D eigenvalue weighted by molar-refractivity contribution is 6.30. The number of aryl methyl sites for hydroxylation is 1. The monoisotopic (exact) mass is 302 g/mol. The van der Waals surface area contributed by atoms with Crippen molar-refractivity contribution in [1.82, 2.24) is 4.98 Å². The maximum atomic E-state index is 12.7. The van der Waals surface area contributed by atoms with Crippen molar-refractivity contribution in [3.05, 3.63) is 46.5 Å². The van der Waals surface area contributed by atoms with E-state index in [1.165, 1.54) is 6.07 Å². The molecule has 0 radical (unpaired) electrons. The van der Waals surface area contributed by atoms with E-state index in [0.717, 1.165) is 12.1 Å². The summed E-state index contributed by atoms with van der Waals surface area (Å²) in [6, 6.07) is 6.37. The number of nitrogens with zero attached hydrogens (tertiary/aromatic N) is 1. The Kier molecular flexibility index (Phi) is 3.76. The van der Waals surface area contributed by atoms with Gasteiger partial charge in [0.1, 0.15) is 11.6 Å². The average molecular weight is 303 g/mol. The maximum Gasteiger partial charge on any atom is 0.416 e. The van der Waals surface area contributed by atoms with Crippen LogP contribution in [0.3, 0.4) is 0 Å². The molecule has 0 bridgehead atoms. The Morgan fingerprint density at radius 3 is 2.55 bits per heavy atom. The van der Waals surface area contributed by atoms with E-state index in [4.69, 9.17) is 22.1 Å². The third-order valence-corrected chi connectivity index (χ3v) is 2.75. The van der Waals surface area contributed by atoms with E-state index in [9.17, 15) is 13.2 Å². The van der Waals surface area contributed by atoms with Crippen molar-refractivity contribution >= 4 is 17.4 Å². The van der Waals surface area contributed by atoms with E-state index in [2.05, 4.69) is 4.98 Å². The van der Waals surface area contributed by atoms with E-state index in [1.54, 1.807) is 19.1 Å². The molecule has 20 heavy (non-hydrogen) atoms. The number of ether oxygens (including phenoxy) is 1. The van der Waals surface area contributed by atoms with Crippen molar-refractivity contribution < 1.29 is 17.9 Å². The molecule has 0 saturated carbocycles. The Morgan fingerprint density at radius 2 is 1.90 bits per heavy atom. The summed E-state index contributed by atoms with van der Waals surface area (Å²) >= 11 is 5.81. The molecule has 1 aromatic carbocycles. The lowest BCUT2D eigenvalue weighted by Gasteiger charge is -2.12. The lowest BCUT2D eigenvalue weighted by Crippen LogP contribution is -2.07. The van der Waals surface area contributed by atoms with E-state index >= 15 is 0 Å². The summed E-state index contributed by atoms with van der Waals surface area (Å²) < 4.78 is 43.3. The third-order valence-electron chi connectivity index (χ3n) is 2.51. The lowest BCUT2D eigenvalue weighted by molar-refractivity contribution is -0.137. The molecule has 1 heterocycles. The number of nitrogen functional groups attached to an aromatic ring is 1. The normalized spacial score (nSPS) is 11.4. The standard InChI is InChI=1S/C13H10ClF3N2O/c1-7-2-3-9(14)6-10(7)20-12-5-8(13(15,16)17)4-11(18)19-12/h2-6H,1H3,(H2,18,19). The summed E-state index contributed by atoms with van der Waals surface area (Å²) in [5.41, 5.74) is 5.16. The summed E-state index contributed by atoms with van der Waals surface area (Å²) in [6.07, 6.45) is -4.52. The molecule has 3 nitrogen and oxygen atoms in total. The summed E-state index contributed by atoms with van der Waals surface area (Å²) in [5, 5.41) is 0.408. The van der Waals surface area contributed by atoms with Crippen molar-refractivity contribution in [1.29, 1.82) is 0 Å². The van der Waals surface area contributed by atoms with Crippen molar-refractivity contribution in [2.24, 2.45) is 0 Å². The second-order valence-corrected chi connectivity index (χ2v) is 4.56. The second-order valence-electron chi connectivity index (χ2n) is 4.13. The smallest absolute Gasteiger partial charge is 0.416 e. The van der Waals surface area contributed by atoms with Crippen LogP contribution < -0.4 is 10.5 Å². The minimum atomic E-state index is -4.52. The molecule has 0 aliphatic rings. The first-order valence-corrected chi connectivity index (χ1v) is 5.92. The number of benzene rings is 1. The fourth-order valence-electron chi connectivity index (χ4n) is 1.54. The van der Waals surface area contributed by atoms with E-state index in [1.807, 2.05) is 0 Å². The molecule has 0 unspecified atom stereocenters. The Bertz CT molecular complexity index is 644. The van der Waals surface area contributed by atoms with Gasteiger partial charge in [-0.2, -0.15) is 18.2 Å². The molecular weight excluding hydrogens is 293 g/mol. The van der Waals surface area contributed by atoms with Crippen LogP contribution in [0.2, 0.25) is 5.02 Å².